The molecule has 2 aliphatic rings. The molecule has 0 fully saturated rings. The van der Waals surface area contributed by atoms with Crippen LogP contribution in [0.15, 0.2) is 54.6 Å². The number of alkyl halides is 2. The van der Waals surface area contributed by atoms with Gasteiger partial charge in [0, 0.05) is 59.7 Å². The lowest BCUT2D eigenvalue weighted by Gasteiger charge is -2.36. The fourth-order valence-electron chi connectivity index (χ4n) is 6.92. The normalized spacial score (nSPS) is 18.6. The van der Waals surface area contributed by atoms with Gasteiger partial charge in [0.2, 0.25) is 5.91 Å². The molecule has 0 saturated heterocycles. The Labute approximate surface area is 289 Å². The van der Waals surface area contributed by atoms with Crippen molar-refractivity contribution < 1.29 is 31.8 Å². The number of likely N-dealkylation sites (N-methyl/N-ethyl adjacent to an activating group) is 1. The molecular weight excluding hydrogens is 672 g/mol. The van der Waals surface area contributed by atoms with Crippen molar-refractivity contribution in [1.29, 1.82) is 0 Å². The minimum atomic E-state index is -3.12. The van der Waals surface area contributed by atoms with Crippen LogP contribution in [0.5, 0.6) is 5.75 Å². The number of hydrogen-bond acceptors (Lipinski definition) is 8. The highest BCUT2D eigenvalue weighted by atomic mass is 32.1. The zero-order chi connectivity index (χ0) is 35.5. The summed E-state index contributed by atoms with van der Waals surface area (Å²) >= 11 is 1.32. The first-order valence-electron chi connectivity index (χ1n) is 16.0. The van der Waals surface area contributed by atoms with Crippen LogP contribution >= 0.6 is 11.3 Å². The number of methoxy groups -OCH3 is 1. The smallest absolute Gasteiger partial charge is 0.302 e. The second-order valence-electron chi connectivity index (χ2n) is 12.7. The Morgan fingerprint density at radius 3 is 2.70 bits per heavy atom. The molecule has 14 heteroatoms. The highest BCUT2D eigenvalue weighted by Gasteiger charge is 2.41. The summed E-state index contributed by atoms with van der Waals surface area (Å²) < 4.78 is 74.2. The van der Waals surface area contributed by atoms with Crippen LogP contribution in [0.1, 0.15) is 42.9 Å². The number of rotatable bonds is 8. The van der Waals surface area contributed by atoms with Gasteiger partial charge >= 0.3 is 5.92 Å². The van der Waals surface area contributed by atoms with Gasteiger partial charge in [0.05, 0.1) is 42.2 Å². The molecule has 0 spiro atoms. The summed E-state index contributed by atoms with van der Waals surface area (Å²) in [5, 5.41) is 7.39. The van der Waals surface area contributed by atoms with Crippen molar-refractivity contribution in [3.63, 3.8) is 0 Å². The molecule has 1 amide bonds. The standard InChI is InChI=1S/C36H34F4N6O3S/c1-6-29(47)45-16-19(2)46-27(20(45)3)14-26(43-46)33-31(30-25(38)12-23(37)13-28(30)49-9-8-48-5)34-24(7-10-50-34)32(42-33)21-11-22-17-44(4)18-36(39,40)35(22)41-15-21/h6-7,10-15,19-20H,1,8-9,16-18H2,2-5H3/t19-,20+/m0/s1. The first kappa shape index (κ1) is 33.8. The Morgan fingerprint density at radius 2 is 1.94 bits per heavy atom. The number of aromatic nitrogens is 4. The number of amides is 1. The summed E-state index contributed by atoms with van der Waals surface area (Å²) in [6, 6.07) is 6.64. The molecule has 2 aliphatic heterocycles. The predicted octanol–water partition coefficient (Wildman–Crippen LogP) is 7.38. The molecule has 50 heavy (non-hydrogen) atoms. The van der Waals surface area contributed by atoms with Gasteiger partial charge in [-0.3, -0.25) is 19.4 Å². The van der Waals surface area contributed by atoms with Crippen LogP contribution in [0, 0.1) is 11.6 Å². The maximum Gasteiger partial charge on any atom is 0.302 e. The van der Waals surface area contributed by atoms with Crippen LogP contribution in [-0.4, -0.2) is 75.9 Å². The van der Waals surface area contributed by atoms with Crippen molar-refractivity contribution >= 4 is 27.3 Å². The quantitative estimate of drug-likeness (QED) is 0.0946. The lowest BCUT2D eigenvalue weighted by atomic mass is 9.95. The average molecular weight is 707 g/mol. The summed E-state index contributed by atoms with van der Waals surface area (Å²) in [5.41, 5.74) is 2.73. The number of thiophene rings is 1. The van der Waals surface area contributed by atoms with E-state index in [4.69, 9.17) is 19.6 Å². The molecule has 0 aliphatic carbocycles. The predicted molar refractivity (Wildman–Crippen MR) is 182 cm³/mol. The Morgan fingerprint density at radius 1 is 1.14 bits per heavy atom. The molecule has 1 aromatic carbocycles. The van der Waals surface area contributed by atoms with E-state index in [9.17, 15) is 18.0 Å². The molecule has 0 radical (unpaired) electrons. The summed E-state index contributed by atoms with van der Waals surface area (Å²) in [7, 11) is 3.12. The van der Waals surface area contributed by atoms with E-state index in [-0.39, 0.29) is 60.5 Å². The van der Waals surface area contributed by atoms with Gasteiger partial charge in [0.25, 0.3) is 0 Å². The van der Waals surface area contributed by atoms with Crippen molar-refractivity contribution in [3.05, 3.63) is 83.1 Å². The molecule has 0 N–H and O–H groups in total. The third kappa shape index (κ3) is 5.74. The molecule has 0 unspecified atom stereocenters. The summed E-state index contributed by atoms with van der Waals surface area (Å²) in [6.07, 6.45) is 2.66. The van der Waals surface area contributed by atoms with Crippen LogP contribution in [0.25, 0.3) is 43.9 Å². The molecular formula is C36H34F4N6O3S. The Balaban J connectivity index is 1.50. The van der Waals surface area contributed by atoms with Crippen LogP contribution < -0.4 is 4.74 Å². The van der Waals surface area contributed by atoms with Crippen molar-refractivity contribution in [3.8, 4) is 39.5 Å². The van der Waals surface area contributed by atoms with Gasteiger partial charge in [-0.1, -0.05) is 6.58 Å². The number of pyridine rings is 2. The zero-order valence-electron chi connectivity index (χ0n) is 27.8. The van der Waals surface area contributed by atoms with E-state index < -0.39 is 24.1 Å². The van der Waals surface area contributed by atoms with Gasteiger partial charge in [-0.05, 0) is 56.1 Å². The van der Waals surface area contributed by atoms with E-state index in [2.05, 4.69) is 11.6 Å². The van der Waals surface area contributed by atoms with Crippen LogP contribution in [0.4, 0.5) is 17.6 Å². The van der Waals surface area contributed by atoms with E-state index in [0.29, 0.717) is 44.7 Å². The fourth-order valence-corrected chi connectivity index (χ4v) is 7.87. The SMILES string of the molecule is C=CC(=O)N1C[C@H](C)n2nc(-c3nc(-c4cnc5c(c4)CN(C)CC5(F)F)c4ccsc4c3-c3c(F)cc(F)cc3OCCOC)cc2[C@H]1C. The third-order valence-electron chi connectivity index (χ3n) is 9.16. The molecule has 260 valence electrons. The lowest BCUT2D eigenvalue weighted by Crippen LogP contribution is -2.42. The Hall–Kier alpha value is -4.66. The maximum absolute atomic E-state index is 16.1. The van der Waals surface area contributed by atoms with Gasteiger partial charge in [0.1, 0.15) is 41.1 Å². The number of benzene rings is 1. The highest BCUT2D eigenvalue weighted by Crippen LogP contribution is 2.48. The first-order valence-corrected chi connectivity index (χ1v) is 16.9. The molecule has 9 nitrogen and oxygen atoms in total. The number of halogens is 4. The number of ether oxygens (including phenoxy) is 2. The number of fused-ring (bicyclic) bond motifs is 3. The number of carbonyl (C=O) groups excluding carboxylic acids is 1. The molecule has 0 bridgehead atoms. The largest absolute Gasteiger partial charge is 0.490 e. The fraction of sp³-hybridized carbons (Fsp3) is 0.333. The van der Waals surface area contributed by atoms with Crippen molar-refractivity contribution in [2.45, 2.75) is 38.4 Å². The molecule has 4 aromatic heterocycles. The summed E-state index contributed by atoms with van der Waals surface area (Å²) in [4.78, 5) is 25.3. The molecule has 6 heterocycles. The van der Waals surface area contributed by atoms with Crippen molar-refractivity contribution in [1.82, 2.24) is 29.5 Å². The van der Waals surface area contributed by atoms with E-state index in [1.54, 1.807) is 18.0 Å². The third-order valence-corrected chi connectivity index (χ3v) is 10.1. The monoisotopic (exact) mass is 706 g/mol. The van der Waals surface area contributed by atoms with Gasteiger partial charge in [-0.2, -0.15) is 13.9 Å². The second-order valence-corrected chi connectivity index (χ2v) is 13.6. The number of hydrogen-bond donors (Lipinski definition) is 0. The first-order chi connectivity index (χ1) is 23.9. The molecule has 2 atom stereocenters. The van der Waals surface area contributed by atoms with E-state index in [0.717, 1.165) is 17.8 Å². The Bertz CT molecular complexity index is 2150. The van der Waals surface area contributed by atoms with Crippen molar-refractivity contribution in [2.75, 3.05) is 40.5 Å². The number of nitrogens with zero attached hydrogens (tertiary/aromatic N) is 6. The Kier molecular flexibility index (Phi) is 8.73. The van der Waals surface area contributed by atoms with Crippen LogP contribution in [0.3, 0.4) is 0 Å². The second kappa shape index (κ2) is 12.9. The number of carbonyl (C=O) groups is 1. The van der Waals surface area contributed by atoms with E-state index in [1.165, 1.54) is 35.6 Å². The summed E-state index contributed by atoms with van der Waals surface area (Å²) in [6.45, 7) is 7.90. The highest BCUT2D eigenvalue weighted by molar-refractivity contribution is 7.18. The van der Waals surface area contributed by atoms with Crippen LogP contribution in [-0.2, 0) is 22.0 Å². The van der Waals surface area contributed by atoms with Gasteiger partial charge in [-0.25, -0.2) is 13.8 Å². The minimum Gasteiger partial charge on any atom is -0.490 e. The van der Waals surface area contributed by atoms with Gasteiger partial charge in [0.15, 0.2) is 0 Å². The topological polar surface area (TPSA) is 85.6 Å². The summed E-state index contributed by atoms with van der Waals surface area (Å²) in [5.74, 6) is -5.07. The average Bonchev–Trinajstić information content (AvgIpc) is 3.74. The molecule has 0 saturated carbocycles. The van der Waals surface area contributed by atoms with E-state index >= 15 is 4.39 Å². The zero-order valence-corrected chi connectivity index (χ0v) is 28.7. The maximum atomic E-state index is 16.1. The lowest BCUT2D eigenvalue weighted by molar-refractivity contribution is -0.129. The minimum absolute atomic E-state index is 0.00985. The van der Waals surface area contributed by atoms with Crippen LogP contribution in [0.2, 0.25) is 0 Å². The molecule has 7 rings (SSSR count). The van der Waals surface area contributed by atoms with Crippen molar-refractivity contribution in [2.24, 2.45) is 0 Å². The van der Waals surface area contributed by atoms with Gasteiger partial charge in [-0.15, -0.1) is 11.3 Å². The molecule has 5 aromatic rings. The van der Waals surface area contributed by atoms with Gasteiger partial charge < -0.3 is 14.4 Å². The van der Waals surface area contributed by atoms with E-state index in [1.807, 2.05) is 36.0 Å².